The van der Waals surface area contributed by atoms with Gasteiger partial charge in [-0.25, -0.2) is 4.98 Å². The first-order valence-corrected chi connectivity index (χ1v) is 11.8. The van der Waals surface area contributed by atoms with Gasteiger partial charge < -0.3 is 15.5 Å². The lowest BCUT2D eigenvalue weighted by molar-refractivity contribution is -0.906. The zero-order valence-electron chi connectivity index (χ0n) is 19.8. The molecule has 1 amide bonds. The fraction of sp³-hybridized carbons (Fsp3) is 0.407. The monoisotopic (exact) mass is 433 g/mol. The van der Waals surface area contributed by atoms with Crippen LogP contribution in [0.3, 0.4) is 0 Å². The SMILES string of the molecule is CC(C)C[NH+](CCCNC(=O)c1cc(Nc2ccccc2)nc2ccccc12)CC(C)C. The number of hydrogen-bond acceptors (Lipinski definition) is 3. The first kappa shape index (κ1) is 23.7. The molecule has 1 aromatic heterocycles. The normalized spacial score (nSPS) is 11.5. The summed E-state index contributed by atoms with van der Waals surface area (Å²) in [5, 5.41) is 7.32. The molecule has 0 radical (unpaired) electrons. The molecule has 170 valence electrons. The highest BCUT2D eigenvalue weighted by Crippen LogP contribution is 2.23. The van der Waals surface area contributed by atoms with E-state index < -0.39 is 0 Å². The number of nitrogens with one attached hydrogen (secondary N) is 3. The largest absolute Gasteiger partial charge is 0.352 e. The number of carbonyl (C=O) groups is 1. The van der Waals surface area contributed by atoms with E-state index >= 15 is 0 Å². The van der Waals surface area contributed by atoms with Crippen molar-refractivity contribution >= 4 is 28.3 Å². The number of para-hydroxylation sites is 2. The number of aromatic nitrogens is 1. The van der Waals surface area contributed by atoms with Crippen LogP contribution in [0.4, 0.5) is 11.5 Å². The lowest BCUT2D eigenvalue weighted by atomic mass is 10.1. The standard InChI is InChI=1S/C27H36N4O/c1-20(2)18-31(19-21(3)4)16-10-15-28-27(32)24-17-26(29-22-11-6-5-7-12-22)30-25-14-9-8-13-23(24)25/h5-9,11-14,17,20-21H,10,15-16,18-19H2,1-4H3,(H,28,32)(H,29,30)/p+1. The zero-order valence-corrected chi connectivity index (χ0v) is 19.8. The molecule has 2 aromatic carbocycles. The summed E-state index contributed by atoms with van der Waals surface area (Å²) in [6, 6.07) is 19.5. The van der Waals surface area contributed by atoms with Crippen LogP contribution in [-0.2, 0) is 0 Å². The molecular weight excluding hydrogens is 396 g/mol. The molecule has 0 fully saturated rings. The number of rotatable bonds is 11. The van der Waals surface area contributed by atoms with E-state index in [1.165, 1.54) is 13.1 Å². The molecule has 0 atom stereocenters. The highest BCUT2D eigenvalue weighted by atomic mass is 16.1. The van der Waals surface area contributed by atoms with Gasteiger partial charge in [0.25, 0.3) is 5.91 Å². The topological polar surface area (TPSA) is 58.5 Å². The summed E-state index contributed by atoms with van der Waals surface area (Å²) in [7, 11) is 0. The van der Waals surface area contributed by atoms with Gasteiger partial charge in [-0.05, 0) is 24.3 Å². The van der Waals surface area contributed by atoms with Crippen LogP contribution in [0.2, 0.25) is 0 Å². The Hall–Kier alpha value is -2.92. The molecule has 0 spiro atoms. The molecular formula is C27H37N4O+. The Balaban J connectivity index is 1.67. The van der Waals surface area contributed by atoms with Crippen molar-refractivity contribution in [2.75, 3.05) is 31.5 Å². The third-order valence-electron chi connectivity index (χ3n) is 5.39. The maximum atomic E-state index is 13.1. The number of fused-ring (bicyclic) bond motifs is 1. The molecule has 0 bridgehead atoms. The molecule has 0 aliphatic carbocycles. The summed E-state index contributed by atoms with van der Waals surface area (Å²) in [6.07, 6.45) is 0.971. The number of hydrogen-bond donors (Lipinski definition) is 3. The van der Waals surface area contributed by atoms with Crippen molar-refractivity contribution in [2.24, 2.45) is 11.8 Å². The van der Waals surface area contributed by atoms with Crippen LogP contribution < -0.4 is 15.5 Å². The summed E-state index contributed by atoms with van der Waals surface area (Å²) < 4.78 is 0. The molecule has 0 unspecified atom stereocenters. The first-order valence-electron chi connectivity index (χ1n) is 11.8. The van der Waals surface area contributed by atoms with E-state index in [-0.39, 0.29) is 5.91 Å². The molecule has 0 aliphatic heterocycles. The molecule has 32 heavy (non-hydrogen) atoms. The van der Waals surface area contributed by atoms with E-state index in [2.05, 4.69) is 38.3 Å². The van der Waals surface area contributed by atoms with Crippen molar-refractivity contribution < 1.29 is 9.69 Å². The fourth-order valence-corrected chi connectivity index (χ4v) is 4.17. The Bertz CT molecular complexity index is 991. The molecule has 3 aromatic rings. The van der Waals surface area contributed by atoms with Crippen molar-refractivity contribution in [3.63, 3.8) is 0 Å². The Labute approximate surface area is 192 Å². The molecule has 0 saturated heterocycles. The van der Waals surface area contributed by atoms with Crippen molar-refractivity contribution in [3.05, 3.63) is 66.2 Å². The van der Waals surface area contributed by atoms with Crippen LogP contribution in [0.1, 0.15) is 44.5 Å². The highest BCUT2D eigenvalue weighted by molar-refractivity contribution is 6.07. The number of carbonyl (C=O) groups excluding carboxylic acids is 1. The van der Waals surface area contributed by atoms with Crippen LogP contribution in [-0.4, -0.2) is 37.1 Å². The average Bonchev–Trinajstić information content (AvgIpc) is 2.76. The van der Waals surface area contributed by atoms with Crippen LogP contribution in [0.25, 0.3) is 10.9 Å². The van der Waals surface area contributed by atoms with E-state index in [9.17, 15) is 4.79 Å². The Kier molecular flexibility index (Phi) is 8.63. The van der Waals surface area contributed by atoms with E-state index in [0.29, 0.717) is 29.8 Å². The average molecular weight is 434 g/mol. The number of amides is 1. The summed E-state index contributed by atoms with van der Waals surface area (Å²) in [6.45, 7) is 13.2. The van der Waals surface area contributed by atoms with E-state index in [0.717, 1.165) is 29.6 Å². The van der Waals surface area contributed by atoms with Crippen LogP contribution in [0.15, 0.2) is 60.7 Å². The smallest absolute Gasteiger partial charge is 0.252 e. The summed E-state index contributed by atoms with van der Waals surface area (Å²) in [5.74, 6) is 1.98. The van der Waals surface area contributed by atoms with Gasteiger partial charge in [0, 0.05) is 35.9 Å². The number of pyridine rings is 1. The minimum absolute atomic E-state index is 0.0472. The van der Waals surface area contributed by atoms with Crippen molar-refractivity contribution in [1.29, 1.82) is 0 Å². The Morgan fingerprint density at radius 2 is 1.59 bits per heavy atom. The van der Waals surface area contributed by atoms with E-state index in [1.54, 1.807) is 4.90 Å². The third kappa shape index (κ3) is 7.06. The summed E-state index contributed by atoms with van der Waals surface area (Å²) in [4.78, 5) is 19.4. The molecule has 1 heterocycles. The second kappa shape index (κ2) is 11.6. The van der Waals surface area contributed by atoms with Crippen molar-refractivity contribution in [3.8, 4) is 0 Å². The van der Waals surface area contributed by atoms with Gasteiger partial charge in [0.2, 0.25) is 0 Å². The summed E-state index contributed by atoms with van der Waals surface area (Å²) in [5.41, 5.74) is 2.41. The van der Waals surface area contributed by atoms with Gasteiger partial charge in [0.05, 0.1) is 30.7 Å². The number of anilines is 2. The summed E-state index contributed by atoms with van der Waals surface area (Å²) >= 11 is 0. The van der Waals surface area contributed by atoms with E-state index in [4.69, 9.17) is 4.98 Å². The predicted molar refractivity (Wildman–Crippen MR) is 134 cm³/mol. The molecule has 5 nitrogen and oxygen atoms in total. The maximum absolute atomic E-state index is 13.1. The van der Waals surface area contributed by atoms with Crippen molar-refractivity contribution in [2.45, 2.75) is 34.1 Å². The molecule has 3 N–H and O–H groups in total. The van der Waals surface area contributed by atoms with Gasteiger partial charge in [-0.2, -0.15) is 0 Å². The third-order valence-corrected chi connectivity index (χ3v) is 5.39. The number of nitrogens with zero attached hydrogens (tertiary/aromatic N) is 1. The van der Waals surface area contributed by atoms with Gasteiger partial charge in [-0.1, -0.05) is 64.1 Å². The van der Waals surface area contributed by atoms with Crippen LogP contribution in [0, 0.1) is 11.8 Å². The predicted octanol–water partition coefficient (Wildman–Crippen LogP) is 4.30. The van der Waals surface area contributed by atoms with Gasteiger partial charge in [0.1, 0.15) is 5.82 Å². The molecule has 3 rings (SSSR count). The van der Waals surface area contributed by atoms with Crippen LogP contribution in [0.5, 0.6) is 0 Å². The molecule has 0 aliphatic rings. The lowest BCUT2D eigenvalue weighted by Gasteiger charge is -2.23. The second-order valence-corrected chi connectivity index (χ2v) is 9.37. The quantitative estimate of drug-likeness (QED) is 0.395. The Morgan fingerprint density at radius 3 is 2.28 bits per heavy atom. The van der Waals surface area contributed by atoms with Crippen LogP contribution >= 0.6 is 0 Å². The minimum Gasteiger partial charge on any atom is -0.352 e. The first-order chi connectivity index (χ1) is 15.4. The minimum atomic E-state index is -0.0472. The fourth-order valence-electron chi connectivity index (χ4n) is 4.17. The number of benzene rings is 2. The zero-order chi connectivity index (χ0) is 22.9. The van der Waals surface area contributed by atoms with E-state index in [1.807, 2.05) is 60.7 Å². The highest BCUT2D eigenvalue weighted by Gasteiger charge is 2.15. The van der Waals surface area contributed by atoms with Gasteiger partial charge >= 0.3 is 0 Å². The number of quaternary nitrogens is 1. The second-order valence-electron chi connectivity index (χ2n) is 9.37. The Morgan fingerprint density at radius 1 is 0.938 bits per heavy atom. The van der Waals surface area contributed by atoms with Gasteiger partial charge in [-0.3, -0.25) is 4.79 Å². The van der Waals surface area contributed by atoms with Gasteiger partial charge in [0.15, 0.2) is 0 Å². The van der Waals surface area contributed by atoms with Crippen molar-refractivity contribution in [1.82, 2.24) is 10.3 Å². The lowest BCUT2D eigenvalue weighted by Crippen LogP contribution is -3.13. The maximum Gasteiger partial charge on any atom is 0.252 e. The molecule has 0 saturated carbocycles. The molecule has 5 heteroatoms. The van der Waals surface area contributed by atoms with Gasteiger partial charge in [-0.15, -0.1) is 0 Å².